The van der Waals surface area contributed by atoms with Crippen molar-refractivity contribution in [3.05, 3.63) is 57.2 Å². The van der Waals surface area contributed by atoms with Gasteiger partial charge in [0.15, 0.2) is 0 Å². The Labute approximate surface area is 206 Å². The van der Waals surface area contributed by atoms with E-state index >= 15 is 0 Å². The summed E-state index contributed by atoms with van der Waals surface area (Å²) in [5.74, 6) is 0.549. The fourth-order valence-corrected chi connectivity index (χ4v) is 6.60. The van der Waals surface area contributed by atoms with Crippen molar-refractivity contribution in [3.8, 4) is 0 Å². The summed E-state index contributed by atoms with van der Waals surface area (Å²) in [6.45, 7) is 4.11. The number of rotatable bonds is 5. The monoisotopic (exact) mass is 499 g/mol. The van der Waals surface area contributed by atoms with E-state index in [9.17, 15) is 14.0 Å². The van der Waals surface area contributed by atoms with Gasteiger partial charge < -0.3 is 15.2 Å². The molecule has 3 aromatic rings. The lowest BCUT2D eigenvalue weighted by atomic mass is 9.69. The average Bonchev–Trinajstić information content (AvgIpc) is 3.50. The molecule has 0 spiro atoms. The van der Waals surface area contributed by atoms with Gasteiger partial charge in [-0.1, -0.05) is 11.6 Å². The summed E-state index contributed by atoms with van der Waals surface area (Å²) in [5.41, 5.74) is 0.973. The van der Waals surface area contributed by atoms with Gasteiger partial charge in [-0.3, -0.25) is 14.5 Å². The molecule has 2 N–H and O–H groups in total. The Morgan fingerprint density at radius 2 is 2.00 bits per heavy atom. The summed E-state index contributed by atoms with van der Waals surface area (Å²) in [6, 6.07) is 4.89. The van der Waals surface area contributed by atoms with Crippen molar-refractivity contribution in [2.24, 2.45) is 11.3 Å². The highest BCUT2D eigenvalue weighted by Gasteiger charge is 2.57. The van der Waals surface area contributed by atoms with E-state index in [0.29, 0.717) is 35.2 Å². The fraction of sp³-hybridized carbons (Fsp3) is 0.500. The van der Waals surface area contributed by atoms with E-state index in [4.69, 9.17) is 11.6 Å². The number of nitrogens with one attached hydrogen (secondary N) is 2. The number of fused-ring (bicyclic) bond motifs is 2. The minimum absolute atomic E-state index is 0.0802. The van der Waals surface area contributed by atoms with Crippen LogP contribution in [-0.4, -0.2) is 70.2 Å². The molecule has 1 saturated heterocycles. The SMILES string of the molecule is CNC(=O)c1ccc(N2CCN(CC34CC(C3)[C@H](c3nn5ccc(Cl)c5c(=O)[nH]3)C4)CC2)c(F)n1. The van der Waals surface area contributed by atoms with E-state index in [1.54, 1.807) is 28.9 Å². The molecule has 0 radical (unpaired) electrons. The maximum Gasteiger partial charge on any atom is 0.276 e. The minimum atomic E-state index is -0.610. The first-order valence-corrected chi connectivity index (χ1v) is 12.4. The number of carbonyl (C=O) groups is 1. The van der Waals surface area contributed by atoms with Crippen molar-refractivity contribution in [2.75, 3.05) is 44.7 Å². The van der Waals surface area contributed by atoms with Gasteiger partial charge >= 0.3 is 0 Å². The van der Waals surface area contributed by atoms with E-state index in [2.05, 4.69) is 25.3 Å². The molecule has 184 valence electrons. The molecule has 4 fully saturated rings. The molecule has 3 aromatic heterocycles. The Bertz CT molecular complexity index is 1360. The maximum atomic E-state index is 14.6. The maximum absolute atomic E-state index is 14.6. The quantitative estimate of drug-likeness (QED) is 0.523. The molecule has 2 bridgehead atoms. The zero-order valence-corrected chi connectivity index (χ0v) is 20.2. The number of aromatic nitrogens is 4. The van der Waals surface area contributed by atoms with Crippen LogP contribution in [0.25, 0.3) is 5.52 Å². The second kappa shape index (κ2) is 8.30. The van der Waals surface area contributed by atoms with Crippen LogP contribution in [0.3, 0.4) is 0 Å². The molecule has 3 aliphatic carbocycles. The van der Waals surface area contributed by atoms with Gasteiger partial charge in [0.2, 0.25) is 5.95 Å². The molecule has 4 heterocycles. The standard InChI is InChI=1S/C24H27ClFN7O2/c1-27-22(34)17-2-3-18(20(26)28-17)32-8-6-31(7-9-32)13-24-10-14(11-24)15(12-24)21-29-23(35)19-16(25)4-5-33(19)30-21/h2-5,14-15H,6-13H2,1H3,(H,27,34)(H,29,30,35)/t14?,15-,24?/m1/s1. The first-order valence-electron chi connectivity index (χ1n) is 12.0. The Kier molecular flexibility index (Phi) is 5.33. The molecule has 1 amide bonds. The molecule has 1 aliphatic heterocycles. The Hall–Kier alpha value is -2.98. The minimum Gasteiger partial charge on any atom is -0.365 e. The molecule has 7 rings (SSSR count). The van der Waals surface area contributed by atoms with Gasteiger partial charge in [0.1, 0.15) is 17.0 Å². The molecule has 0 unspecified atom stereocenters. The average molecular weight is 500 g/mol. The number of aromatic amines is 1. The summed E-state index contributed by atoms with van der Waals surface area (Å²) in [7, 11) is 1.50. The number of pyridine rings is 1. The van der Waals surface area contributed by atoms with Crippen LogP contribution >= 0.6 is 11.6 Å². The lowest BCUT2D eigenvalue weighted by Crippen LogP contribution is -2.51. The molecule has 4 aliphatic rings. The van der Waals surface area contributed by atoms with Crippen LogP contribution in [0.15, 0.2) is 29.2 Å². The summed E-state index contributed by atoms with van der Waals surface area (Å²) >= 11 is 6.11. The zero-order chi connectivity index (χ0) is 24.3. The predicted molar refractivity (Wildman–Crippen MR) is 130 cm³/mol. The van der Waals surface area contributed by atoms with Gasteiger partial charge in [0.05, 0.1) is 10.7 Å². The second-order valence-corrected chi connectivity index (χ2v) is 10.5. The van der Waals surface area contributed by atoms with Gasteiger partial charge in [0, 0.05) is 51.9 Å². The lowest BCUT2D eigenvalue weighted by molar-refractivity contribution is 0.0730. The van der Waals surface area contributed by atoms with Gasteiger partial charge in [-0.2, -0.15) is 9.49 Å². The van der Waals surface area contributed by atoms with Crippen molar-refractivity contribution in [2.45, 2.75) is 25.2 Å². The summed E-state index contributed by atoms with van der Waals surface area (Å²) in [5, 5.41) is 7.53. The summed E-state index contributed by atoms with van der Waals surface area (Å²) in [6.07, 6.45) is 5.04. The molecular weight excluding hydrogens is 473 g/mol. The highest BCUT2D eigenvalue weighted by molar-refractivity contribution is 6.33. The third-order valence-corrected chi connectivity index (χ3v) is 8.32. The van der Waals surface area contributed by atoms with Crippen LogP contribution < -0.4 is 15.8 Å². The molecule has 35 heavy (non-hydrogen) atoms. The number of carbonyl (C=O) groups excluding carboxylic acids is 1. The van der Waals surface area contributed by atoms with Crippen LogP contribution in [0.5, 0.6) is 0 Å². The van der Waals surface area contributed by atoms with Crippen LogP contribution in [0.1, 0.15) is 41.5 Å². The molecule has 11 heteroatoms. The summed E-state index contributed by atoms with van der Waals surface area (Å²) in [4.78, 5) is 35.5. The Morgan fingerprint density at radius 1 is 1.23 bits per heavy atom. The van der Waals surface area contributed by atoms with Crippen LogP contribution in [0.4, 0.5) is 10.1 Å². The molecule has 0 aromatic carbocycles. The zero-order valence-electron chi connectivity index (χ0n) is 19.4. The third-order valence-electron chi connectivity index (χ3n) is 8.01. The van der Waals surface area contributed by atoms with E-state index in [0.717, 1.165) is 44.7 Å². The Balaban J connectivity index is 1.09. The number of amides is 1. The van der Waals surface area contributed by atoms with Gasteiger partial charge in [-0.15, -0.1) is 0 Å². The van der Waals surface area contributed by atoms with E-state index < -0.39 is 11.9 Å². The van der Waals surface area contributed by atoms with Crippen molar-refractivity contribution in [1.29, 1.82) is 0 Å². The highest BCUT2D eigenvalue weighted by Crippen LogP contribution is 2.64. The first-order chi connectivity index (χ1) is 16.9. The number of H-pyrrole nitrogens is 1. The molecule has 1 atom stereocenters. The van der Waals surface area contributed by atoms with Crippen molar-refractivity contribution in [1.82, 2.24) is 29.8 Å². The van der Waals surface area contributed by atoms with Crippen LogP contribution in [0, 0.1) is 17.3 Å². The number of anilines is 1. The van der Waals surface area contributed by atoms with Gasteiger partial charge in [0.25, 0.3) is 11.5 Å². The number of nitrogens with zero attached hydrogens (tertiary/aromatic N) is 5. The smallest absolute Gasteiger partial charge is 0.276 e. The van der Waals surface area contributed by atoms with Crippen LogP contribution in [-0.2, 0) is 0 Å². The Morgan fingerprint density at radius 3 is 2.71 bits per heavy atom. The first kappa shape index (κ1) is 22.5. The third kappa shape index (κ3) is 3.79. The van der Waals surface area contributed by atoms with E-state index in [1.807, 2.05) is 4.90 Å². The second-order valence-electron chi connectivity index (χ2n) is 10.1. The normalized spacial score (nSPS) is 26.2. The van der Waals surface area contributed by atoms with Crippen molar-refractivity contribution >= 4 is 28.7 Å². The van der Waals surface area contributed by atoms with Gasteiger partial charge in [-0.05, 0) is 48.8 Å². The summed E-state index contributed by atoms with van der Waals surface area (Å²) < 4.78 is 16.2. The number of hydrogen-bond acceptors (Lipinski definition) is 6. The fourth-order valence-electron chi connectivity index (χ4n) is 6.37. The molecular formula is C24H27ClFN7O2. The van der Waals surface area contributed by atoms with Crippen molar-refractivity contribution in [3.63, 3.8) is 0 Å². The van der Waals surface area contributed by atoms with Crippen LogP contribution in [0.2, 0.25) is 5.02 Å². The molecule has 3 saturated carbocycles. The van der Waals surface area contributed by atoms with E-state index in [-0.39, 0.29) is 22.6 Å². The number of hydrogen-bond donors (Lipinski definition) is 2. The topological polar surface area (TPSA) is 98.6 Å². The number of halogens is 2. The lowest BCUT2D eigenvalue weighted by Gasteiger charge is -2.45. The van der Waals surface area contributed by atoms with Crippen molar-refractivity contribution < 1.29 is 9.18 Å². The highest BCUT2D eigenvalue weighted by atomic mass is 35.5. The number of piperazine rings is 1. The largest absolute Gasteiger partial charge is 0.365 e. The molecule has 9 nitrogen and oxygen atoms in total. The predicted octanol–water partition coefficient (Wildman–Crippen LogP) is 2.28. The van der Waals surface area contributed by atoms with Gasteiger partial charge in [-0.25, -0.2) is 9.50 Å². The van der Waals surface area contributed by atoms with E-state index in [1.165, 1.54) is 7.05 Å².